The van der Waals surface area contributed by atoms with Gasteiger partial charge in [0.1, 0.15) is 0 Å². The lowest BCUT2D eigenvalue weighted by Crippen LogP contribution is -2.45. The summed E-state index contributed by atoms with van der Waals surface area (Å²) in [5, 5.41) is 3.52. The SMILES string of the molecule is C=C/C=C\C=C1\C=C(C2CC=C(C(=O)OCC)CN2CC(C)C)NC1. The van der Waals surface area contributed by atoms with E-state index in [9.17, 15) is 4.79 Å². The van der Waals surface area contributed by atoms with Gasteiger partial charge in [0.25, 0.3) is 0 Å². The van der Waals surface area contributed by atoms with E-state index in [0.717, 1.165) is 25.1 Å². The normalized spacial score (nSPS) is 22.9. The van der Waals surface area contributed by atoms with Crippen molar-refractivity contribution < 1.29 is 9.53 Å². The molecule has 4 heteroatoms. The van der Waals surface area contributed by atoms with Crippen molar-refractivity contribution in [3.8, 4) is 0 Å². The molecular weight excluding hydrogens is 312 g/mol. The van der Waals surface area contributed by atoms with Crippen molar-refractivity contribution in [3.05, 3.63) is 59.9 Å². The number of allylic oxidation sites excluding steroid dienone is 4. The molecule has 0 radical (unpaired) electrons. The van der Waals surface area contributed by atoms with Crippen molar-refractivity contribution in [1.29, 1.82) is 0 Å². The summed E-state index contributed by atoms with van der Waals surface area (Å²) in [5.41, 5.74) is 3.28. The second-order valence-corrected chi connectivity index (χ2v) is 6.84. The van der Waals surface area contributed by atoms with E-state index in [1.165, 1.54) is 11.3 Å². The van der Waals surface area contributed by atoms with Gasteiger partial charge in [0, 0.05) is 30.9 Å². The van der Waals surface area contributed by atoms with E-state index >= 15 is 0 Å². The number of rotatable bonds is 7. The Balaban J connectivity index is 2.16. The Morgan fingerprint density at radius 2 is 2.28 bits per heavy atom. The maximum absolute atomic E-state index is 12.1. The summed E-state index contributed by atoms with van der Waals surface area (Å²) in [4.78, 5) is 14.5. The largest absolute Gasteiger partial charge is 0.463 e. The van der Waals surface area contributed by atoms with Crippen LogP contribution in [0.4, 0.5) is 0 Å². The van der Waals surface area contributed by atoms with Gasteiger partial charge in [0.15, 0.2) is 0 Å². The van der Waals surface area contributed by atoms with Gasteiger partial charge in [-0.15, -0.1) is 0 Å². The molecule has 0 aromatic carbocycles. The zero-order chi connectivity index (χ0) is 18.2. The number of carbonyl (C=O) groups excluding carboxylic acids is 1. The third kappa shape index (κ3) is 5.46. The van der Waals surface area contributed by atoms with Crippen molar-refractivity contribution in [1.82, 2.24) is 10.2 Å². The molecule has 0 spiro atoms. The summed E-state index contributed by atoms with van der Waals surface area (Å²) in [6.45, 7) is 12.8. The van der Waals surface area contributed by atoms with Crippen LogP contribution in [-0.4, -0.2) is 43.2 Å². The van der Waals surface area contributed by atoms with Gasteiger partial charge in [-0.25, -0.2) is 4.79 Å². The third-order valence-electron chi connectivity index (χ3n) is 4.29. The topological polar surface area (TPSA) is 41.6 Å². The first-order chi connectivity index (χ1) is 12.0. The molecular formula is C21H30N2O2. The quantitative estimate of drug-likeness (QED) is 0.569. The zero-order valence-corrected chi connectivity index (χ0v) is 15.6. The molecule has 1 unspecified atom stereocenters. The molecule has 136 valence electrons. The van der Waals surface area contributed by atoms with E-state index < -0.39 is 0 Å². The van der Waals surface area contributed by atoms with Gasteiger partial charge < -0.3 is 10.1 Å². The summed E-state index contributed by atoms with van der Waals surface area (Å²) in [5.74, 6) is 0.356. The van der Waals surface area contributed by atoms with E-state index in [0.29, 0.717) is 19.1 Å². The number of hydrogen-bond donors (Lipinski definition) is 1. The van der Waals surface area contributed by atoms with Crippen LogP contribution in [0.1, 0.15) is 27.2 Å². The minimum Gasteiger partial charge on any atom is -0.463 e. The lowest BCUT2D eigenvalue weighted by molar-refractivity contribution is -0.139. The molecule has 0 saturated carbocycles. The zero-order valence-electron chi connectivity index (χ0n) is 15.6. The summed E-state index contributed by atoms with van der Waals surface area (Å²) in [6, 6.07) is 0.287. The highest BCUT2D eigenvalue weighted by atomic mass is 16.5. The molecule has 2 heterocycles. The predicted octanol–water partition coefficient (Wildman–Crippen LogP) is 3.36. The van der Waals surface area contributed by atoms with Crippen LogP contribution in [0.15, 0.2) is 59.9 Å². The van der Waals surface area contributed by atoms with Gasteiger partial charge >= 0.3 is 5.97 Å². The van der Waals surface area contributed by atoms with E-state index in [4.69, 9.17) is 4.74 Å². The molecule has 1 N–H and O–H groups in total. The smallest absolute Gasteiger partial charge is 0.334 e. The lowest BCUT2D eigenvalue weighted by Gasteiger charge is -2.36. The first kappa shape index (κ1) is 19.3. The van der Waals surface area contributed by atoms with Crippen LogP contribution in [0.5, 0.6) is 0 Å². The Bertz CT molecular complexity index is 611. The fourth-order valence-electron chi connectivity index (χ4n) is 3.24. The molecule has 25 heavy (non-hydrogen) atoms. The average molecular weight is 342 g/mol. The van der Waals surface area contributed by atoms with Gasteiger partial charge in [0.05, 0.1) is 12.6 Å². The van der Waals surface area contributed by atoms with E-state index in [-0.39, 0.29) is 12.0 Å². The van der Waals surface area contributed by atoms with Crippen LogP contribution < -0.4 is 5.32 Å². The minimum atomic E-state index is -0.182. The molecule has 0 aromatic heterocycles. The molecule has 2 rings (SSSR count). The molecule has 0 aliphatic carbocycles. The highest BCUT2D eigenvalue weighted by Crippen LogP contribution is 2.26. The lowest BCUT2D eigenvalue weighted by atomic mass is 9.98. The minimum absolute atomic E-state index is 0.182. The summed E-state index contributed by atoms with van der Waals surface area (Å²) >= 11 is 0. The average Bonchev–Trinajstić information content (AvgIpc) is 3.03. The van der Waals surface area contributed by atoms with Crippen molar-refractivity contribution in [2.45, 2.75) is 33.2 Å². The summed E-state index contributed by atoms with van der Waals surface area (Å²) in [7, 11) is 0. The Kier molecular flexibility index (Phi) is 7.26. The molecule has 0 aromatic rings. The second kappa shape index (κ2) is 9.42. The van der Waals surface area contributed by atoms with E-state index in [1.807, 2.05) is 25.2 Å². The fraction of sp³-hybridized carbons (Fsp3) is 0.476. The maximum Gasteiger partial charge on any atom is 0.334 e. The third-order valence-corrected chi connectivity index (χ3v) is 4.29. The first-order valence-electron chi connectivity index (χ1n) is 9.09. The molecule has 0 amide bonds. The van der Waals surface area contributed by atoms with Gasteiger partial charge in [-0.2, -0.15) is 0 Å². The van der Waals surface area contributed by atoms with Crippen LogP contribution in [0.25, 0.3) is 0 Å². The Hall–Kier alpha value is -2.07. The number of esters is 1. The molecule has 1 atom stereocenters. The molecule has 4 nitrogen and oxygen atoms in total. The number of nitrogens with one attached hydrogen (secondary N) is 1. The summed E-state index contributed by atoms with van der Waals surface area (Å²) in [6.07, 6.45) is 12.9. The maximum atomic E-state index is 12.1. The fourth-order valence-corrected chi connectivity index (χ4v) is 3.24. The van der Waals surface area contributed by atoms with E-state index in [1.54, 1.807) is 6.08 Å². The molecule has 0 bridgehead atoms. The van der Waals surface area contributed by atoms with Gasteiger partial charge in [-0.05, 0) is 30.9 Å². The van der Waals surface area contributed by atoms with Gasteiger partial charge in [-0.1, -0.05) is 50.8 Å². The van der Waals surface area contributed by atoms with Gasteiger partial charge in [0.2, 0.25) is 0 Å². The van der Waals surface area contributed by atoms with Crippen molar-refractivity contribution >= 4 is 5.97 Å². The van der Waals surface area contributed by atoms with Crippen LogP contribution in [0.2, 0.25) is 0 Å². The Labute approximate surface area is 151 Å². The molecule has 2 aliphatic heterocycles. The number of hydrogen-bond acceptors (Lipinski definition) is 4. The number of nitrogens with zero attached hydrogens (tertiary/aromatic N) is 1. The number of ether oxygens (including phenoxy) is 1. The first-order valence-corrected chi connectivity index (χ1v) is 9.09. The van der Waals surface area contributed by atoms with Gasteiger partial charge in [-0.3, -0.25) is 4.90 Å². The monoisotopic (exact) mass is 342 g/mol. The van der Waals surface area contributed by atoms with Crippen molar-refractivity contribution in [2.75, 3.05) is 26.2 Å². The van der Waals surface area contributed by atoms with E-state index in [2.05, 4.69) is 42.8 Å². The Morgan fingerprint density at radius 3 is 2.96 bits per heavy atom. The van der Waals surface area contributed by atoms with Crippen LogP contribution in [0, 0.1) is 5.92 Å². The highest BCUT2D eigenvalue weighted by Gasteiger charge is 2.30. The molecule has 0 saturated heterocycles. The summed E-state index contributed by atoms with van der Waals surface area (Å²) < 4.78 is 5.18. The van der Waals surface area contributed by atoms with Crippen LogP contribution in [-0.2, 0) is 9.53 Å². The molecule has 0 fully saturated rings. The highest BCUT2D eigenvalue weighted by molar-refractivity contribution is 5.89. The number of carbonyl (C=O) groups is 1. The van der Waals surface area contributed by atoms with Crippen molar-refractivity contribution in [3.63, 3.8) is 0 Å². The second-order valence-electron chi connectivity index (χ2n) is 6.84. The van der Waals surface area contributed by atoms with Crippen LogP contribution in [0.3, 0.4) is 0 Å². The van der Waals surface area contributed by atoms with Crippen LogP contribution >= 0.6 is 0 Å². The van der Waals surface area contributed by atoms with Crippen molar-refractivity contribution in [2.24, 2.45) is 5.92 Å². The predicted molar refractivity (Wildman–Crippen MR) is 103 cm³/mol. The Morgan fingerprint density at radius 1 is 1.48 bits per heavy atom. The standard InChI is InChI=1S/C21H30N2O2/c1-5-7-8-9-17-12-19(22-13-17)20-11-10-18(21(24)25-6-2)15-23(20)14-16(3)4/h5,7-10,12,16,20,22H,1,6,11,13-15H2,2-4H3/b8-7-,17-9-. The molecule has 2 aliphatic rings.